The van der Waals surface area contributed by atoms with Gasteiger partial charge in [-0.05, 0) is 27.2 Å². The van der Waals surface area contributed by atoms with Crippen molar-refractivity contribution in [3.8, 4) is 0 Å². The van der Waals surface area contributed by atoms with Gasteiger partial charge in [-0.25, -0.2) is 4.84 Å². The first kappa shape index (κ1) is 18.6. The third kappa shape index (κ3) is 5.38. The van der Waals surface area contributed by atoms with Gasteiger partial charge in [0.1, 0.15) is 18.2 Å². The van der Waals surface area contributed by atoms with Gasteiger partial charge in [0.2, 0.25) is 0 Å². The fourth-order valence-electron chi connectivity index (χ4n) is 2.08. The zero-order valence-corrected chi connectivity index (χ0v) is 15.0. The van der Waals surface area contributed by atoms with E-state index in [2.05, 4.69) is 47.0 Å². The first-order valence-electron chi connectivity index (χ1n) is 8.28. The second kappa shape index (κ2) is 7.88. The van der Waals surface area contributed by atoms with Crippen molar-refractivity contribution < 1.29 is 23.9 Å². The van der Waals surface area contributed by atoms with E-state index in [9.17, 15) is 0 Å². The molecule has 0 aromatic rings. The second-order valence-corrected chi connectivity index (χ2v) is 7.34. The van der Waals surface area contributed by atoms with Gasteiger partial charge >= 0.3 is 0 Å². The van der Waals surface area contributed by atoms with Gasteiger partial charge in [-0.1, -0.05) is 29.5 Å². The molecule has 1 fully saturated rings. The minimum absolute atomic E-state index is 0.0273. The molecule has 0 amide bonds. The molecule has 6 heteroatoms. The van der Waals surface area contributed by atoms with E-state index in [-0.39, 0.29) is 17.7 Å². The van der Waals surface area contributed by atoms with E-state index >= 15 is 0 Å². The van der Waals surface area contributed by atoms with Gasteiger partial charge < -0.3 is 4.74 Å². The molecule has 6 nitrogen and oxygen atoms in total. The van der Waals surface area contributed by atoms with Crippen LogP contribution in [-0.4, -0.2) is 68.1 Å². The molecule has 2 rings (SSSR count). The van der Waals surface area contributed by atoms with Crippen LogP contribution in [0.1, 0.15) is 27.2 Å². The third-order valence-electron chi connectivity index (χ3n) is 4.47. The smallest absolute Gasteiger partial charge is 0.129 e. The maximum absolute atomic E-state index is 5.90. The molecule has 0 N–H and O–H groups in total. The molecule has 0 bridgehead atoms. The molecule has 1 atom stereocenters. The van der Waals surface area contributed by atoms with Gasteiger partial charge in [-0.3, -0.25) is 9.68 Å². The Morgan fingerprint density at radius 1 is 1.13 bits per heavy atom. The molecular formula is C17H31N2O4+. The van der Waals surface area contributed by atoms with Crippen LogP contribution < -0.4 is 0 Å². The quantitative estimate of drug-likeness (QED) is 0.425. The minimum Gasteiger partial charge on any atom is -0.371 e. The van der Waals surface area contributed by atoms with Crippen LogP contribution in [0.15, 0.2) is 24.3 Å². The number of ether oxygens (including phenoxy) is 1. The normalized spacial score (nSPS) is 24.3. The average molecular weight is 327 g/mol. The summed E-state index contributed by atoms with van der Waals surface area (Å²) in [4.78, 5) is 17.2. The lowest BCUT2D eigenvalue weighted by Crippen LogP contribution is -2.54. The molecular weight excluding hydrogens is 296 g/mol. The number of hydrogen-bond acceptors (Lipinski definition) is 5. The van der Waals surface area contributed by atoms with E-state index < -0.39 is 0 Å². The van der Waals surface area contributed by atoms with Crippen molar-refractivity contribution in [2.45, 2.75) is 44.9 Å². The van der Waals surface area contributed by atoms with Crippen molar-refractivity contribution in [2.75, 3.05) is 40.5 Å². The van der Waals surface area contributed by atoms with Crippen LogP contribution in [0.5, 0.6) is 0 Å². The molecule has 23 heavy (non-hydrogen) atoms. The number of rotatable bonds is 6. The number of hydrogen-bond donors (Lipinski definition) is 0. The van der Waals surface area contributed by atoms with Gasteiger partial charge in [0.25, 0.3) is 0 Å². The summed E-state index contributed by atoms with van der Waals surface area (Å²) in [6.07, 6.45) is 9.06. The van der Waals surface area contributed by atoms with Crippen molar-refractivity contribution in [1.82, 2.24) is 5.23 Å². The van der Waals surface area contributed by atoms with E-state index in [1.807, 2.05) is 12.2 Å². The fraction of sp³-hybridized carbons (Fsp3) is 0.765. The monoisotopic (exact) mass is 327 g/mol. The van der Waals surface area contributed by atoms with Crippen LogP contribution in [0, 0.1) is 0 Å². The van der Waals surface area contributed by atoms with Crippen molar-refractivity contribution in [3.05, 3.63) is 24.3 Å². The fourth-order valence-corrected chi connectivity index (χ4v) is 2.08. The summed E-state index contributed by atoms with van der Waals surface area (Å²) in [5.41, 5.74) is 0.0273. The molecule has 2 aliphatic rings. The van der Waals surface area contributed by atoms with Crippen LogP contribution in [0.2, 0.25) is 0 Å². The van der Waals surface area contributed by atoms with E-state index in [1.54, 1.807) is 5.23 Å². The van der Waals surface area contributed by atoms with Crippen LogP contribution in [0.4, 0.5) is 0 Å². The topological polar surface area (TPSA) is 40.2 Å². The highest BCUT2D eigenvalue weighted by atomic mass is 17.0. The Kier molecular flexibility index (Phi) is 6.36. The zero-order valence-electron chi connectivity index (χ0n) is 15.0. The summed E-state index contributed by atoms with van der Waals surface area (Å²) in [6.45, 7) is 8.54. The number of allylic oxidation sites excluding steroid dienone is 2. The van der Waals surface area contributed by atoms with Crippen molar-refractivity contribution >= 4 is 0 Å². The van der Waals surface area contributed by atoms with Gasteiger partial charge in [-0.15, -0.1) is 0 Å². The van der Waals surface area contributed by atoms with Gasteiger partial charge in [0.05, 0.1) is 40.0 Å². The summed E-state index contributed by atoms with van der Waals surface area (Å²) in [5.74, 6) is 0. The molecule has 1 aliphatic heterocycles. The van der Waals surface area contributed by atoms with Gasteiger partial charge in [0.15, 0.2) is 0 Å². The zero-order chi connectivity index (χ0) is 16.9. The molecule has 0 saturated carbocycles. The van der Waals surface area contributed by atoms with E-state index in [0.29, 0.717) is 31.1 Å². The van der Waals surface area contributed by atoms with E-state index in [1.165, 1.54) is 0 Å². The van der Waals surface area contributed by atoms with Crippen LogP contribution >= 0.6 is 0 Å². The summed E-state index contributed by atoms with van der Waals surface area (Å²) >= 11 is 0. The standard InChI is InChI=1S/C17H31N2O4/c1-17(2,3)19(4,5)23-12-11-20-16-13-21-18(22-14-16)15-9-7-6-8-10-15/h6-9,15-16H,10-14H2,1-5H3/q+1. The average Bonchev–Trinajstić information content (AvgIpc) is 2.52. The predicted molar refractivity (Wildman–Crippen MR) is 88.0 cm³/mol. The van der Waals surface area contributed by atoms with Crippen molar-refractivity contribution in [2.24, 2.45) is 0 Å². The molecule has 0 aromatic heterocycles. The Balaban J connectivity index is 1.62. The summed E-state index contributed by atoms with van der Waals surface area (Å²) in [7, 11) is 4.10. The Labute approximate surface area is 139 Å². The second-order valence-electron chi connectivity index (χ2n) is 7.34. The highest BCUT2D eigenvalue weighted by molar-refractivity contribution is 5.12. The molecule has 1 unspecified atom stereocenters. The van der Waals surface area contributed by atoms with Gasteiger partial charge in [-0.2, -0.15) is 4.65 Å². The first-order valence-corrected chi connectivity index (χ1v) is 8.28. The first-order chi connectivity index (χ1) is 10.8. The Hall–Kier alpha value is -0.760. The SMILES string of the molecule is CC(C)(C)[N+](C)(C)OCCOC1CON(C2C=CC=CC2)OC1. The lowest BCUT2D eigenvalue weighted by atomic mass is 10.1. The highest BCUT2D eigenvalue weighted by Gasteiger charge is 2.34. The molecule has 0 radical (unpaired) electrons. The summed E-state index contributed by atoms with van der Waals surface area (Å²) in [5, 5.41) is 1.58. The molecule has 1 aliphatic carbocycles. The van der Waals surface area contributed by atoms with Crippen molar-refractivity contribution in [1.29, 1.82) is 0 Å². The van der Waals surface area contributed by atoms with E-state index in [0.717, 1.165) is 6.42 Å². The predicted octanol–water partition coefficient (Wildman–Crippen LogP) is 2.24. The van der Waals surface area contributed by atoms with Crippen molar-refractivity contribution in [3.63, 3.8) is 0 Å². The lowest BCUT2D eigenvalue weighted by Gasteiger charge is -2.39. The maximum Gasteiger partial charge on any atom is 0.129 e. The Morgan fingerprint density at radius 3 is 2.39 bits per heavy atom. The molecule has 0 aromatic carbocycles. The number of nitrogens with zero attached hydrogens (tertiary/aromatic N) is 2. The van der Waals surface area contributed by atoms with Crippen LogP contribution in [0.25, 0.3) is 0 Å². The Bertz CT molecular complexity index is 421. The minimum atomic E-state index is -0.0526. The summed E-state index contributed by atoms with van der Waals surface area (Å²) < 4.78 is 6.27. The number of quaternary nitrogens is 1. The molecule has 0 spiro atoms. The molecule has 1 heterocycles. The van der Waals surface area contributed by atoms with E-state index in [4.69, 9.17) is 19.2 Å². The highest BCUT2D eigenvalue weighted by Crippen LogP contribution is 2.20. The molecule has 132 valence electrons. The number of hydroxylamine groups is 5. The third-order valence-corrected chi connectivity index (χ3v) is 4.47. The molecule has 1 saturated heterocycles. The lowest BCUT2D eigenvalue weighted by molar-refractivity contribution is -1.11. The van der Waals surface area contributed by atoms with Gasteiger partial charge in [0, 0.05) is 0 Å². The largest absolute Gasteiger partial charge is 0.371 e. The maximum atomic E-state index is 5.90. The Morgan fingerprint density at radius 2 is 1.83 bits per heavy atom. The van der Waals surface area contributed by atoms with Crippen LogP contribution in [0.3, 0.4) is 0 Å². The summed E-state index contributed by atoms with van der Waals surface area (Å²) in [6, 6.07) is 0.147. The van der Waals surface area contributed by atoms with Crippen LogP contribution in [-0.2, 0) is 19.2 Å².